The van der Waals surface area contributed by atoms with Crippen LogP contribution >= 0.6 is 0 Å². The Balaban J connectivity index is 2.23. The molecule has 0 unspecified atom stereocenters. The average molecular weight is 333 g/mol. The number of hydrogen-bond donors (Lipinski definition) is 0. The van der Waals surface area contributed by atoms with Gasteiger partial charge in [-0.25, -0.2) is 0 Å². The van der Waals surface area contributed by atoms with Gasteiger partial charge in [-0.2, -0.15) is 4.57 Å². The first-order valence-corrected chi connectivity index (χ1v) is 9.16. The third-order valence-corrected chi connectivity index (χ3v) is 5.11. The number of hydrogen-bond acceptors (Lipinski definition) is 0. The third kappa shape index (κ3) is 3.46. The SMILES string of the molecule is Cc1cc(C)c(C)c(-c2ccc3c(CC(C)(C)C)cccc3[n+]2C)c1. The maximum atomic E-state index is 2.35. The molecule has 0 fully saturated rings. The number of benzene rings is 2. The second-order valence-corrected chi connectivity index (χ2v) is 8.62. The molecule has 0 N–H and O–H groups in total. The Morgan fingerprint density at radius 3 is 2.32 bits per heavy atom. The highest BCUT2D eigenvalue weighted by atomic mass is 14.9. The van der Waals surface area contributed by atoms with Crippen LogP contribution in [0.4, 0.5) is 0 Å². The molecule has 0 amide bonds. The van der Waals surface area contributed by atoms with Gasteiger partial charge in [0.25, 0.3) is 0 Å². The summed E-state index contributed by atoms with van der Waals surface area (Å²) in [6.07, 6.45) is 1.09. The van der Waals surface area contributed by atoms with Crippen LogP contribution < -0.4 is 4.57 Å². The number of rotatable bonds is 2. The molecule has 0 atom stereocenters. The molecule has 25 heavy (non-hydrogen) atoms. The standard InChI is InChI=1S/C24H30N/c1-16-13-17(2)18(3)21(14-16)23-12-11-20-19(15-24(4,5)6)9-8-10-22(20)25(23)7/h8-14H,15H2,1-7H3/q+1. The Labute approximate surface area is 152 Å². The van der Waals surface area contributed by atoms with Crippen molar-refractivity contribution in [2.24, 2.45) is 12.5 Å². The molecule has 1 aromatic heterocycles. The van der Waals surface area contributed by atoms with Crippen LogP contribution in [0.5, 0.6) is 0 Å². The second kappa shape index (κ2) is 6.29. The van der Waals surface area contributed by atoms with Crippen LogP contribution in [0.3, 0.4) is 0 Å². The van der Waals surface area contributed by atoms with E-state index in [1.807, 2.05) is 0 Å². The van der Waals surface area contributed by atoms with E-state index in [-0.39, 0.29) is 5.41 Å². The predicted octanol–water partition coefficient (Wildman–Crippen LogP) is 5.85. The minimum Gasteiger partial charge on any atom is -0.194 e. The van der Waals surface area contributed by atoms with Crippen molar-refractivity contribution in [3.63, 3.8) is 0 Å². The summed E-state index contributed by atoms with van der Waals surface area (Å²) in [6, 6.07) is 15.9. The fraction of sp³-hybridized carbons (Fsp3) is 0.375. The zero-order valence-electron chi connectivity index (χ0n) is 16.7. The molecule has 3 rings (SSSR count). The van der Waals surface area contributed by atoms with Crippen LogP contribution in [0, 0.1) is 26.2 Å². The Kier molecular flexibility index (Phi) is 4.45. The summed E-state index contributed by atoms with van der Waals surface area (Å²) in [4.78, 5) is 0. The van der Waals surface area contributed by atoms with Crippen molar-refractivity contribution in [1.29, 1.82) is 0 Å². The van der Waals surface area contributed by atoms with Gasteiger partial charge in [-0.3, -0.25) is 0 Å². The first-order valence-electron chi connectivity index (χ1n) is 9.16. The summed E-state index contributed by atoms with van der Waals surface area (Å²) in [5.74, 6) is 0. The molecule has 0 aliphatic carbocycles. The van der Waals surface area contributed by atoms with Crippen molar-refractivity contribution in [2.75, 3.05) is 0 Å². The maximum Gasteiger partial charge on any atom is 0.213 e. The van der Waals surface area contributed by atoms with E-state index in [4.69, 9.17) is 0 Å². The molecule has 130 valence electrons. The average Bonchev–Trinajstić information content (AvgIpc) is 2.51. The molecule has 0 spiro atoms. The molecule has 0 saturated heterocycles. The normalized spacial score (nSPS) is 12.0. The van der Waals surface area contributed by atoms with Crippen LogP contribution in [0.15, 0.2) is 42.5 Å². The minimum absolute atomic E-state index is 0.287. The first kappa shape index (κ1) is 17.7. The number of nitrogens with zero attached hydrogens (tertiary/aromatic N) is 1. The van der Waals surface area contributed by atoms with E-state index in [1.165, 1.54) is 44.4 Å². The lowest BCUT2D eigenvalue weighted by Gasteiger charge is -2.19. The lowest BCUT2D eigenvalue weighted by molar-refractivity contribution is -0.633. The van der Waals surface area contributed by atoms with Crippen molar-refractivity contribution in [2.45, 2.75) is 48.0 Å². The molecule has 0 bridgehead atoms. The summed E-state index contributed by atoms with van der Waals surface area (Å²) < 4.78 is 2.35. The van der Waals surface area contributed by atoms with Gasteiger partial charge in [0.1, 0.15) is 7.05 Å². The van der Waals surface area contributed by atoms with Crippen LogP contribution in [0.25, 0.3) is 22.2 Å². The van der Waals surface area contributed by atoms with E-state index in [9.17, 15) is 0 Å². The monoisotopic (exact) mass is 332 g/mol. The van der Waals surface area contributed by atoms with Gasteiger partial charge >= 0.3 is 0 Å². The van der Waals surface area contributed by atoms with Crippen molar-refractivity contribution >= 4 is 10.9 Å². The Morgan fingerprint density at radius 2 is 1.64 bits per heavy atom. The van der Waals surface area contributed by atoms with Crippen molar-refractivity contribution in [1.82, 2.24) is 0 Å². The lowest BCUT2D eigenvalue weighted by Crippen LogP contribution is -2.32. The first-order chi connectivity index (χ1) is 11.7. The summed E-state index contributed by atoms with van der Waals surface area (Å²) in [5, 5.41) is 1.37. The van der Waals surface area contributed by atoms with Gasteiger partial charge in [0.05, 0.1) is 0 Å². The van der Waals surface area contributed by atoms with Crippen molar-refractivity contribution in [3.8, 4) is 11.3 Å². The van der Waals surface area contributed by atoms with Gasteiger partial charge < -0.3 is 0 Å². The summed E-state index contributed by atoms with van der Waals surface area (Å²) in [7, 11) is 2.19. The molecule has 0 aliphatic heterocycles. The van der Waals surface area contributed by atoms with E-state index >= 15 is 0 Å². The van der Waals surface area contributed by atoms with E-state index in [0.29, 0.717) is 0 Å². The number of aryl methyl sites for hydroxylation is 3. The number of aromatic nitrogens is 1. The van der Waals surface area contributed by atoms with Gasteiger partial charge in [-0.05, 0) is 61.4 Å². The number of fused-ring (bicyclic) bond motifs is 1. The van der Waals surface area contributed by atoms with Gasteiger partial charge in [-0.1, -0.05) is 44.5 Å². The number of pyridine rings is 1. The van der Waals surface area contributed by atoms with Crippen molar-refractivity contribution in [3.05, 3.63) is 64.7 Å². The van der Waals surface area contributed by atoms with E-state index in [0.717, 1.165) is 6.42 Å². The smallest absolute Gasteiger partial charge is 0.194 e. The third-order valence-electron chi connectivity index (χ3n) is 5.11. The summed E-state index contributed by atoms with van der Waals surface area (Å²) >= 11 is 0. The van der Waals surface area contributed by atoms with Crippen LogP contribution in [-0.4, -0.2) is 0 Å². The zero-order valence-corrected chi connectivity index (χ0v) is 16.7. The van der Waals surface area contributed by atoms with Gasteiger partial charge in [0.2, 0.25) is 11.2 Å². The second-order valence-electron chi connectivity index (χ2n) is 8.62. The van der Waals surface area contributed by atoms with Gasteiger partial charge in [0, 0.05) is 23.1 Å². The van der Waals surface area contributed by atoms with Crippen LogP contribution in [0.1, 0.15) is 43.0 Å². The predicted molar refractivity (Wildman–Crippen MR) is 108 cm³/mol. The van der Waals surface area contributed by atoms with Crippen molar-refractivity contribution < 1.29 is 4.57 Å². The van der Waals surface area contributed by atoms with Crippen LogP contribution in [-0.2, 0) is 13.5 Å². The molecule has 1 heterocycles. The van der Waals surface area contributed by atoms with Crippen LogP contribution in [0.2, 0.25) is 0 Å². The van der Waals surface area contributed by atoms with Gasteiger partial charge in [0.15, 0.2) is 0 Å². The molecule has 0 radical (unpaired) electrons. The Bertz CT molecular complexity index is 942. The summed E-state index contributed by atoms with van der Waals surface area (Å²) in [6.45, 7) is 13.5. The molecule has 0 aliphatic rings. The van der Waals surface area contributed by atoms with Gasteiger partial charge in [-0.15, -0.1) is 0 Å². The lowest BCUT2D eigenvalue weighted by atomic mass is 9.86. The fourth-order valence-corrected chi connectivity index (χ4v) is 3.79. The molecule has 1 nitrogen and oxygen atoms in total. The summed E-state index contributed by atoms with van der Waals surface area (Å²) in [5.41, 5.74) is 9.69. The van der Waals surface area contributed by atoms with E-state index in [2.05, 4.69) is 95.6 Å². The molecular weight excluding hydrogens is 302 g/mol. The largest absolute Gasteiger partial charge is 0.213 e. The zero-order chi connectivity index (χ0) is 18.4. The molecule has 2 aromatic carbocycles. The molecule has 1 heteroatoms. The molecular formula is C24H30N+. The quantitative estimate of drug-likeness (QED) is 0.519. The minimum atomic E-state index is 0.287. The Hall–Kier alpha value is -2.15. The Morgan fingerprint density at radius 1 is 0.920 bits per heavy atom. The molecule has 3 aromatic rings. The van der Waals surface area contributed by atoms with E-state index in [1.54, 1.807) is 0 Å². The highest BCUT2D eigenvalue weighted by Crippen LogP contribution is 2.29. The van der Waals surface area contributed by atoms with E-state index < -0.39 is 0 Å². The topological polar surface area (TPSA) is 3.88 Å². The molecule has 0 saturated carbocycles. The fourth-order valence-electron chi connectivity index (χ4n) is 3.79. The highest BCUT2D eigenvalue weighted by molar-refractivity contribution is 5.81. The maximum absolute atomic E-state index is 2.35. The highest BCUT2D eigenvalue weighted by Gasteiger charge is 2.20.